The summed E-state index contributed by atoms with van der Waals surface area (Å²) in [4.78, 5) is 11.2. The second-order valence-electron chi connectivity index (χ2n) is 6.03. The van der Waals surface area contributed by atoms with E-state index in [1.807, 2.05) is 42.5 Å². The molecule has 2 atom stereocenters. The van der Waals surface area contributed by atoms with Crippen LogP contribution in [0.2, 0.25) is 0 Å². The molecule has 0 spiro atoms. The molecule has 0 saturated heterocycles. The molecule has 1 fully saturated rings. The van der Waals surface area contributed by atoms with E-state index in [1.54, 1.807) is 7.11 Å². The minimum absolute atomic E-state index is 0.0490. The Bertz CT molecular complexity index is 893. The second kappa shape index (κ2) is 7.67. The van der Waals surface area contributed by atoms with Gasteiger partial charge in [-0.1, -0.05) is 18.1 Å². The highest BCUT2D eigenvalue weighted by Gasteiger charge is 2.57. The van der Waals surface area contributed by atoms with Crippen molar-refractivity contribution >= 4 is 6.41 Å². The maximum atomic E-state index is 11.2. The summed E-state index contributed by atoms with van der Waals surface area (Å²) in [6.07, 6.45) is 2.40. The fourth-order valence-electron chi connectivity index (χ4n) is 3.05. The summed E-state index contributed by atoms with van der Waals surface area (Å²) in [6.45, 7) is 0. The van der Waals surface area contributed by atoms with Gasteiger partial charge in [0.15, 0.2) is 0 Å². The van der Waals surface area contributed by atoms with Gasteiger partial charge < -0.3 is 10.1 Å². The Kier molecular flexibility index (Phi) is 5.15. The average Bonchev–Trinajstić information content (AvgIpc) is 3.41. The highest BCUT2D eigenvalue weighted by Crippen LogP contribution is 2.57. The van der Waals surface area contributed by atoms with Gasteiger partial charge in [0.2, 0.25) is 6.41 Å². The van der Waals surface area contributed by atoms with Gasteiger partial charge in [-0.05, 0) is 42.2 Å². The van der Waals surface area contributed by atoms with E-state index in [2.05, 4.69) is 27.4 Å². The lowest BCUT2D eigenvalue weighted by Gasteiger charge is -2.18. The molecule has 1 aromatic carbocycles. The Morgan fingerprint density at radius 1 is 1.35 bits per heavy atom. The van der Waals surface area contributed by atoms with Crippen LogP contribution in [-0.2, 0) is 10.3 Å². The molecule has 1 aliphatic carbocycles. The number of hydrogen-bond donors (Lipinski definition) is 1. The number of methoxy groups -OCH3 is 1. The van der Waals surface area contributed by atoms with Crippen molar-refractivity contribution in [3.8, 4) is 23.7 Å². The Morgan fingerprint density at radius 3 is 2.92 bits per heavy atom. The van der Waals surface area contributed by atoms with Gasteiger partial charge in [-0.25, -0.2) is 0 Å². The van der Waals surface area contributed by atoms with Crippen molar-refractivity contribution in [3.63, 3.8) is 0 Å². The maximum absolute atomic E-state index is 11.2. The van der Waals surface area contributed by atoms with Gasteiger partial charge >= 0.3 is 0 Å². The first-order valence-electron chi connectivity index (χ1n) is 8.29. The number of unbranched alkanes of at least 4 members (excludes halogenated alkanes) is 1. The molecule has 1 N–H and O–H groups in total. The molecule has 1 heterocycles. The van der Waals surface area contributed by atoms with Crippen LogP contribution in [0.25, 0.3) is 0 Å². The highest BCUT2D eigenvalue weighted by molar-refractivity contribution is 5.55. The summed E-state index contributed by atoms with van der Waals surface area (Å²) in [5, 5.41) is 19.9. The van der Waals surface area contributed by atoms with Crippen LogP contribution in [0.4, 0.5) is 0 Å². The van der Waals surface area contributed by atoms with Crippen molar-refractivity contribution in [3.05, 3.63) is 53.3 Å². The molecule has 130 valence electrons. The molecule has 0 bridgehead atoms. The van der Waals surface area contributed by atoms with Gasteiger partial charge in [0.1, 0.15) is 11.4 Å². The van der Waals surface area contributed by atoms with Crippen LogP contribution >= 0.6 is 0 Å². The number of benzene rings is 1. The summed E-state index contributed by atoms with van der Waals surface area (Å²) in [5.41, 5.74) is 1.88. The van der Waals surface area contributed by atoms with Crippen LogP contribution in [0, 0.1) is 23.2 Å². The number of carbonyl (C=O) groups is 1. The number of ether oxygens (including phenoxy) is 1. The normalized spacial score (nSPS) is 20.2. The Hall–Kier alpha value is -3.38. The summed E-state index contributed by atoms with van der Waals surface area (Å²) < 4.78 is 5.29. The maximum Gasteiger partial charge on any atom is 0.207 e. The van der Waals surface area contributed by atoms with E-state index in [-0.39, 0.29) is 5.92 Å². The molecule has 1 aromatic heterocycles. The lowest BCUT2D eigenvalue weighted by Crippen LogP contribution is -2.29. The zero-order chi connectivity index (χ0) is 18.4. The van der Waals surface area contributed by atoms with Gasteiger partial charge in [0, 0.05) is 18.8 Å². The summed E-state index contributed by atoms with van der Waals surface area (Å²) in [5.74, 6) is 6.58. The Labute approximate surface area is 152 Å². The second-order valence-corrected chi connectivity index (χ2v) is 6.03. The SMILES string of the molecule is COc1cccc(C2(NC=O)CC2c2ccc(C#CCCC#N)nn2)c1. The van der Waals surface area contributed by atoms with Crippen molar-refractivity contribution in [1.29, 1.82) is 5.26 Å². The Balaban J connectivity index is 1.80. The lowest BCUT2D eigenvalue weighted by molar-refractivity contribution is -0.110. The highest BCUT2D eigenvalue weighted by atomic mass is 16.5. The van der Waals surface area contributed by atoms with Gasteiger partial charge in [-0.2, -0.15) is 10.4 Å². The van der Waals surface area contributed by atoms with Crippen molar-refractivity contribution in [2.75, 3.05) is 7.11 Å². The molecule has 1 saturated carbocycles. The van der Waals surface area contributed by atoms with Crippen LogP contribution in [-0.4, -0.2) is 23.7 Å². The van der Waals surface area contributed by atoms with Crippen molar-refractivity contribution in [2.45, 2.75) is 30.7 Å². The van der Waals surface area contributed by atoms with Gasteiger partial charge in [-0.15, -0.1) is 5.10 Å². The fraction of sp³-hybridized carbons (Fsp3) is 0.300. The molecule has 6 heteroatoms. The molecule has 3 rings (SSSR count). The van der Waals surface area contributed by atoms with Crippen molar-refractivity contribution in [2.24, 2.45) is 0 Å². The molecule has 0 radical (unpaired) electrons. The number of carbonyl (C=O) groups excluding carboxylic acids is 1. The number of hydrogen-bond acceptors (Lipinski definition) is 5. The van der Waals surface area contributed by atoms with E-state index < -0.39 is 5.54 Å². The number of rotatable bonds is 6. The smallest absolute Gasteiger partial charge is 0.207 e. The van der Waals surface area contributed by atoms with E-state index >= 15 is 0 Å². The molecule has 1 aliphatic rings. The molecule has 2 unspecified atom stereocenters. The third-order valence-electron chi connectivity index (χ3n) is 4.48. The van der Waals surface area contributed by atoms with Gasteiger partial charge in [0.05, 0.1) is 24.4 Å². The summed E-state index contributed by atoms with van der Waals surface area (Å²) >= 11 is 0. The Morgan fingerprint density at radius 2 is 2.23 bits per heavy atom. The predicted octanol–water partition coefficient (Wildman–Crippen LogP) is 2.27. The van der Waals surface area contributed by atoms with Crippen molar-refractivity contribution in [1.82, 2.24) is 15.5 Å². The minimum atomic E-state index is -0.481. The standard InChI is InChI=1S/C20H18N4O2/c1-26-17-8-5-6-15(12-17)20(22-14-25)13-18(20)19-10-9-16(23-24-19)7-3-2-4-11-21/h5-6,8-10,12,14,18H,2,4,13H2,1H3,(H,22,25). The van der Waals surface area contributed by atoms with Crippen molar-refractivity contribution < 1.29 is 9.53 Å². The van der Waals surface area contributed by atoms with E-state index in [0.29, 0.717) is 18.5 Å². The number of nitrogens with one attached hydrogen (secondary N) is 1. The molecule has 26 heavy (non-hydrogen) atoms. The third kappa shape index (κ3) is 3.50. The number of amides is 1. The van der Waals surface area contributed by atoms with E-state index in [1.165, 1.54) is 0 Å². The molecule has 0 aliphatic heterocycles. The van der Waals surface area contributed by atoms with Crippen LogP contribution in [0.15, 0.2) is 36.4 Å². The molecular weight excluding hydrogens is 328 g/mol. The summed E-state index contributed by atoms with van der Waals surface area (Å²) in [7, 11) is 1.62. The first kappa shape index (κ1) is 17.4. The monoisotopic (exact) mass is 346 g/mol. The van der Waals surface area contributed by atoms with E-state index in [0.717, 1.165) is 29.8 Å². The van der Waals surface area contributed by atoms with Gasteiger partial charge in [0.25, 0.3) is 0 Å². The van der Waals surface area contributed by atoms with Gasteiger partial charge in [-0.3, -0.25) is 4.79 Å². The number of nitriles is 1. The summed E-state index contributed by atoms with van der Waals surface area (Å²) in [6, 6.07) is 13.4. The quantitative estimate of drug-likeness (QED) is 0.492. The zero-order valence-electron chi connectivity index (χ0n) is 14.4. The zero-order valence-corrected chi connectivity index (χ0v) is 14.4. The first-order chi connectivity index (χ1) is 12.7. The predicted molar refractivity (Wildman–Crippen MR) is 95.0 cm³/mol. The molecule has 2 aromatic rings. The first-order valence-corrected chi connectivity index (χ1v) is 8.29. The fourth-order valence-corrected chi connectivity index (χ4v) is 3.05. The largest absolute Gasteiger partial charge is 0.497 e. The van der Waals surface area contributed by atoms with E-state index in [4.69, 9.17) is 10.00 Å². The topological polar surface area (TPSA) is 87.9 Å². The number of nitrogens with zero attached hydrogens (tertiary/aromatic N) is 3. The van der Waals surface area contributed by atoms with E-state index in [9.17, 15) is 4.79 Å². The average molecular weight is 346 g/mol. The molecule has 6 nitrogen and oxygen atoms in total. The van der Waals surface area contributed by atoms with Crippen LogP contribution in [0.1, 0.15) is 42.1 Å². The van der Waals surface area contributed by atoms with Crippen LogP contribution in [0.3, 0.4) is 0 Å². The van der Waals surface area contributed by atoms with Crippen LogP contribution < -0.4 is 10.1 Å². The molecule has 1 amide bonds. The molecular formula is C20H18N4O2. The minimum Gasteiger partial charge on any atom is -0.497 e. The van der Waals surface area contributed by atoms with Crippen LogP contribution in [0.5, 0.6) is 5.75 Å². The number of aromatic nitrogens is 2. The lowest BCUT2D eigenvalue weighted by atomic mass is 10.0. The third-order valence-corrected chi connectivity index (χ3v) is 4.48.